The summed E-state index contributed by atoms with van der Waals surface area (Å²) in [5, 5.41) is 16.8. The monoisotopic (exact) mass is 262 g/mol. The molecule has 0 aliphatic heterocycles. The summed E-state index contributed by atoms with van der Waals surface area (Å²) in [5.74, 6) is -1.96. The molecule has 0 bridgehead atoms. The predicted octanol–water partition coefficient (Wildman–Crippen LogP) is 0.890. The Morgan fingerprint density at radius 2 is 1.67 bits per heavy atom. The van der Waals surface area contributed by atoms with Crippen LogP contribution in [-0.4, -0.2) is 34.7 Å². The Morgan fingerprint density at radius 3 is 1.78 bits per heavy atom. The molecule has 0 saturated heterocycles. The molecule has 1 unspecified atom stereocenters. The highest BCUT2D eigenvalue weighted by Crippen LogP contribution is 2.04. The molecule has 0 rings (SSSR count). The predicted molar refractivity (Wildman–Crippen MR) is 70.2 cm³/mol. The lowest BCUT2D eigenvalue weighted by Crippen LogP contribution is -2.36. The second-order valence-corrected chi connectivity index (χ2v) is 4.31. The van der Waals surface area contributed by atoms with Crippen molar-refractivity contribution in [2.45, 2.75) is 46.1 Å². The minimum Gasteiger partial charge on any atom is -0.481 e. The Morgan fingerprint density at radius 1 is 1.17 bits per heavy atom. The smallest absolute Gasteiger partial charge is 0.320 e. The van der Waals surface area contributed by atoms with Gasteiger partial charge in [-0.05, 0) is 12.3 Å². The molecule has 6 N–H and O–H groups in total. The summed E-state index contributed by atoms with van der Waals surface area (Å²) >= 11 is 0. The van der Waals surface area contributed by atoms with Gasteiger partial charge in [0.15, 0.2) is 0 Å². The Bertz CT molecular complexity index is 234. The number of nitrogens with two attached hydrogens (primary N) is 2. The van der Waals surface area contributed by atoms with Crippen LogP contribution in [0.5, 0.6) is 0 Å². The van der Waals surface area contributed by atoms with Gasteiger partial charge in [0.2, 0.25) is 0 Å². The van der Waals surface area contributed by atoms with Gasteiger partial charge < -0.3 is 21.7 Å². The van der Waals surface area contributed by atoms with Crippen LogP contribution in [0.2, 0.25) is 0 Å². The molecule has 0 amide bonds. The SMILES string of the molecule is CCCC(CN)C(=O)O.CC[C@H](C)[C@H](N)C(=O)O. The summed E-state index contributed by atoms with van der Waals surface area (Å²) < 4.78 is 0. The average molecular weight is 262 g/mol. The van der Waals surface area contributed by atoms with E-state index in [0.29, 0.717) is 6.42 Å². The highest BCUT2D eigenvalue weighted by Gasteiger charge is 2.17. The van der Waals surface area contributed by atoms with E-state index in [1.807, 2.05) is 20.8 Å². The van der Waals surface area contributed by atoms with Crippen LogP contribution in [0.15, 0.2) is 0 Å². The normalized spacial score (nSPS) is 14.9. The number of carboxylic acids is 2. The van der Waals surface area contributed by atoms with Gasteiger partial charge in [-0.2, -0.15) is 0 Å². The molecule has 6 nitrogen and oxygen atoms in total. The van der Waals surface area contributed by atoms with Crippen LogP contribution in [0.1, 0.15) is 40.0 Å². The van der Waals surface area contributed by atoms with Gasteiger partial charge >= 0.3 is 11.9 Å². The maximum absolute atomic E-state index is 10.2. The fraction of sp³-hybridized carbons (Fsp3) is 0.833. The molecule has 0 aliphatic carbocycles. The molecule has 0 aliphatic rings. The van der Waals surface area contributed by atoms with Gasteiger partial charge in [0.1, 0.15) is 6.04 Å². The lowest BCUT2D eigenvalue weighted by atomic mass is 10.0. The van der Waals surface area contributed by atoms with Gasteiger partial charge in [-0.15, -0.1) is 0 Å². The number of hydrogen-bond acceptors (Lipinski definition) is 4. The quantitative estimate of drug-likeness (QED) is 0.539. The number of carbonyl (C=O) groups is 2. The topological polar surface area (TPSA) is 127 Å². The molecule has 0 radical (unpaired) electrons. The number of aliphatic carboxylic acids is 2. The van der Waals surface area contributed by atoms with Crippen molar-refractivity contribution in [3.05, 3.63) is 0 Å². The molecule has 0 aromatic heterocycles. The van der Waals surface area contributed by atoms with Crippen LogP contribution in [0.25, 0.3) is 0 Å². The van der Waals surface area contributed by atoms with Crippen molar-refractivity contribution in [1.29, 1.82) is 0 Å². The molecule has 6 heteroatoms. The van der Waals surface area contributed by atoms with Gasteiger partial charge in [0.05, 0.1) is 5.92 Å². The lowest BCUT2D eigenvalue weighted by molar-refractivity contribution is -0.142. The van der Waals surface area contributed by atoms with E-state index in [2.05, 4.69) is 0 Å². The van der Waals surface area contributed by atoms with E-state index < -0.39 is 18.0 Å². The summed E-state index contributed by atoms with van der Waals surface area (Å²) in [4.78, 5) is 20.4. The first-order chi connectivity index (χ1) is 8.31. The maximum atomic E-state index is 10.2. The second-order valence-electron chi connectivity index (χ2n) is 4.31. The number of hydrogen-bond donors (Lipinski definition) is 4. The van der Waals surface area contributed by atoms with E-state index >= 15 is 0 Å². The average Bonchev–Trinajstić information content (AvgIpc) is 2.34. The minimum absolute atomic E-state index is 0.0718. The van der Waals surface area contributed by atoms with Gasteiger partial charge in [-0.1, -0.05) is 33.6 Å². The zero-order valence-corrected chi connectivity index (χ0v) is 11.4. The zero-order chi connectivity index (χ0) is 14.7. The molecule has 0 aromatic rings. The first-order valence-corrected chi connectivity index (χ1v) is 6.22. The van der Waals surface area contributed by atoms with E-state index in [9.17, 15) is 9.59 Å². The third kappa shape index (κ3) is 8.95. The van der Waals surface area contributed by atoms with Crippen molar-refractivity contribution in [3.63, 3.8) is 0 Å². The van der Waals surface area contributed by atoms with Crippen LogP contribution in [0.3, 0.4) is 0 Å². The Kier molecular flexibility index (Phi) is 11.7. The Hall–Kier alpha value is -1.14. The van der Waals surface area contributed by atoms with Crippen LogP contribution in [0, 0.1) is 11.8 Å². The summed E-state index contributed by atoms with van der Waals surface area (Å²) in [6, 6.07) is -0.699. The van der Waals surface area contributed by atoms with Crippen molar-refractivity contribution >= 4 is 11.9 Å². The van der Waals surface area contributed by atoms with E-state index in [1.165, 1.54) is 0 Å². The highest BCUT2D eigenvalue weighted by atomic mass is 16.4. The summed E-state index contributed by atoms with van der Waals surface area (Å²) in [6.07, 6.45) is 2.38. The van der Waals surface area contributed by atoms with Crippen LogP contribution in [0.4, 0.5) is 0 Å². The fourth-order valence-electron chi connectivity index (χ4n) is 1.19. The van der Waals surface area contributed by atoms with Gasteiger partial charge in [-0.25, -0.2) is 0 Å². The van der Waals surface area contributed by atoms with Gasteiger partial charge in [-0.3, -0.25) is 9.59 Å². The maximum Gasteiger partial charge on any atom is 0.320 e. The van der Waals surface area contributed by atoms with Crippen LogP contribution in [-0.2, 0) is 9.59 Å². The van der Waals surface area contributed by atoms with Crippen molar-refractivity contribution in [2.75, 3.05) is 6.54 Å². The van der Waals surface area contributed by atoms with E-state index in [1.54, 1.807) is 0 Å². The first kappa shape index (κ1) is 19.2. The second kappa shape index (κ2) is 11.0. The standard InChI is InChI=1S/2C6H13NO2/c1-3-4(2)5(7)6(8)9;1-2-3-5(4-7)6(8)9/h4-5H,3,7H2,1-2H3,(H,8,9);5H,2-4,7H2,1H3,(H,8,9)/t4-,5-;/m0./s1. The van der Waals surface area contributed by atoms with Gasteiger partial charge in [0.25, 0.3) is 0 Å². The van der Waals surface area contributed by atoms with Crippen molar-refractivity contribution in [1.82, 2.24) is 0 Å². The van der Waals surface area contributed by atoms with E-state index in [-0.39, 0.29) is 18.4 Å². The Labute approximate surface area is 108 Å². The summed E-state index contributed by atoms with van der Waals surface area (Å²) in [6.45, 7) is 5.96. The molecule has 0 heterocycles. The number of rotatable bonds is 7. The van der Waals surface area contributed by atoms with Crippen LogP contribution < -0.4 is 11.5 Å². The molecular weight excluding hydrogens is 236 g/mol. The highest BCUT2D eigenvalue weighted by molar-refractivity contribution is 5.73. The summed E-state index contributed by atoms with van der Waals surface area (Å²) in [5.41, 5.74) is 10.4. The van der Waals surface area contributed by atoms with Crippen molar-refractivity contribution in [3.8, 4) is 0 Å². The lowest BCUT2D eigenvalue weighted by Gasteiger charge is -2.11. The molecule has 3 atom stereocenters. The minimum atomic E-state index is -0.913. The van der Waals surface area contributed by atoms with Crippen LogP contribution >= 0.6 is 0 Å². The molecule has 0 fully saturated rings. The summed E-state index contributed by atoms with van der Waals surface area (Å²) in [7, 11) is 0. The molecule has 0 spiro atoms. The molecule has 0 aromatic carbocycles. The molecule has 18 heavy (non-hydrogen) atoms. The first-order valence-electron chi connectivity index (χ1n) is 6.22. The molecule has 0 saturated carbocycles. The van der Waals surface area contributed by atoms with Crippen molar-refractivity contribution < 1.29 is 19.8 Å². The van der Waals surface area contributed by atoms with E-state index in [0.717, 1.165) is 12.8 Å². The Balaban J connectivity index is 0. The number of carboxylic acid groups (broad SMARTS) is 2. The largest absolute Gasteiger partial charge is 0.481 e. The zero-order valence-electron chi connectivity index (χ0n) is 11.4. The third-order valence-electron chi connectivity index (χ3n) is 2.81. The third-order valence-corrected chi connectivity index (χ3v) is 2.81. The van der Waals surface area contributed by atoms with Crippen molar-refractivity contribution in [2.24, 2.45) is 23.3 Å². The fourth-order valence-corrected chi connectivity index (χ4v) is 1.19. The molecule has 108 valence electrons. The van der Waals surface area contributed by atoms with E-state index in [4.69, 9.17) is 21.7 Å². The van der Waals surface area contributed by atoms with Gasteiger partial charge in [0, 0.05) is 6.54 Å². The molecular formula is C12H26N2O4.